The molecule has 28 heavy (non-hydrogen) atoms. The first-order valence-electron chi connectivity index (χ1n) is 8.90. The molecule has 0 saturated carbocycles. The van der Waals surface area contributed by atoms with E-state index in [1.165, 1.54) is 12.1 Å². The molecular formula is C21H21FN4O2. The van der Waals surface area contributed by atoms with E-state index in [2.05, 4.69) is 20.6 Å². The average molecular weight is 380 g/mol. The van der Waals surface area contributed by atoms with Crippen molar-refractivity contribution in [3.63, 3.8) is 0 Å². The molecule has 0 fully saturated rings. The highest BCUT2D eigenvalue weighted by atomic mass is 19.1. The third-order valence-electron chi connectivity index (χ3n) is 3.92. The summed E-state index contributed by atoms with van der Waals surface area (Å²) in [5.41, 5.74) is 1.69. The Bertz CT molecular complexity index is 917. The molecule has 7 heteroatoms. The summed E-state index contributed by atoms with van der Waals surface area (Å²) in [4.78, 5) is 21.4. The lowest BCUT2D eigenvalue weighted by molar-refractivity contribution is 0.0943. The number of hydrogen-bond donors (Lipinski definition) is 2. The molecule has 0 unspecified atom stereocenters. The lowest BCUT2D eigenvalue weighted by Gasteiger charge is -2.11. The summed E-state index contributed by atoms with van der Waals surface area (Å²) in [6, 6.07) is 16.9. The van der Waals surface area contributed by atoms with Gasteiger partial charge in [-0.15, -0.1) is 0 Å². The largest absolute Gasteiger partial charge is 0.385 e. The normalized spacial score (nSPS) is 10.5. The standard InChI is InChI=1S/C21H21FN4O2/c1-28-13-5-12-23-21(27)18-14-19(24-17-10-8-16(22)9-11-17)26-20(25-18)15-6-3-2-4-7-15/h2-4,6-11,14H,5,12-13H2,1H3,(H,23,27)(H,24,25,26). The van der Waals surface area contributed by atoms with E-state index in [-0.39, 0.29) is 17.4 Å². The lowest BCUT2D eigenvalue weighted by Crippen LogP contribution is -2.26. The minimum atomic E-state index is -0.325. The molecule has 0 aliphatic carbocycles. The fourth-order valence-corrected chi connectivity index (χ4v) is 2.53. The summed E-state index contributed by atoms with van der Waals surface area (Å²) >= 11 is 0. The van der Waals surface area contributed by atoms with Crippen LogP contribution >= 0.6 is 0 Å². The van der Waals surface area contributed by atoms with Gasteiger partial charge in [-0.05, 0) is 30.7 Å². The van der Waals surface area contributed by atoms with Gasteiger partial charge in [-0.25, -0.2) is 14.4 Å². The zero-order chi connectivity index (χ0) is 19.8. The summed E-state index contributed by atoms with van der Waals surface area (Å²) in [7, 11) is 1.62. The molecule has 6 nitrogen and oxygen atoms in total. The van der Waals surface area contributed by atoms with Crippen LogP contribution in [0.3, 0.4) is 0 Å². The highest BCUT2D eigenvalue weighted by Crippen LogP contribution is 2.21. The number of anilines is 2. The van der Waals surface area contributed by atoms with Crippen LogP contribution in [0.4, 0.5) is 15.9 Å². The van der Waals surface area contributed by atoms with Crippen LogP contribution < -0.4 is 10.6 Å². The summed E-state index contributed by atoms with van der Waals surface area (Å²) in [6.07, 6.45) is 0.708. The quantitative estimate of drug-likeness (QED) is 0.582. The number of halogens is 1. The number of nitrogens with zero attached hydrogens (tertiary/aromatic N) is 2. The SMILES string of the molecule is COCCCNC(=O)c1cc(Nc2ccc(F)cc2)nc(-c2ccccc2)n1. The topological polar surface area (TPSA) is 76.1 Å². The maximum atomic E-state index is 13.1. The van der Waals surface area contributed by atoms with Crippen LogP contribution in [0.25, 0.3) is 11.4 Å². The Morgan fingerprint density at radius 3 is 2.54 bits per heavy atom. The fourth-order valence-electron chi connectivity index (χ4n) is 2.53. The molecule has 1 amide bonds. The van der Waals surface area contributed by atoms with Crippen LogP contribution in [0.5, 0.6) is 0 Å². The van der Waals surface area contributed by atoms with E-state index in [1.807, 2.05) is 30.3 Å². The van der Waals surface area contributed by atoms with E-state index in [0.29, 0.717) is 36.9 Å². The van der Waals surface area contributed by atoms with Crippen LogP contribution in [-0.2, 0) is 4.74 Å². The molecule has 0 bridgehead atoms. The molecule has 0 radical (unpaired) electrons. The molecule has 0 atom stereocenters. The molecule has 1 heterocycles. The predicted octanol–water partition coefficient (Wildman–Crippen LogP) is 3.79. The van der Waals surface area contributed by atoms with Crippen molar-refractivity contribution in [2.24, 2.45) is 0 Å². The van der Waals surface area contributed by atoms with Gasteiger partial charge in [0.15, 0.2) is 5.82 Å². The first kappa shape index (κ1) is 19.4. The first-order valence-corrected chi connectivity index (χ1v) is 8.90. The second-order valence-electron chi connectivity index (χ2n) is 6.06. The van der Waals surface area contributed by atoms with E-state index in [0.717, 1.165) is 5.56 Å². The van der Waals surface area contributed by atoms with E-state index in [9.17, 15) is 9.18 Å². The fraction of sp³-hybridized carbons (Fsp3) is 0.190. The van der Waals surface area contributed by atoms with Gasteiger partial charge in [0.05, 0.1) is 0 Å². The summed E-state index contributed by atoms with van der Waals surface area (Å²) in [6.45, 7) is 1.05. The minimum Gasteiger partial charge on any atom is -0.385 e. The van der Waals surface area contributed by atoms with Gasteiger partial charge in [0, 0.05) is 37.6 Å². The Kier molecular flexibility index (Phi) is 6.64. The van der Waals surface area contributed by atoms with Crippen LogP contribution in [0, 0.1) is 5.82 Å². The summed E-state index contributed by atoms with van der Waals surface area (Å²) < 4.78 is 18.1. The molecule has 3 aromatic rings. The second-order valence-corrected chi connectivity index (χ2v) is 6.06. The van der Waals surface area contributed by atoms with E-state index >= 15 is 0 Å². The lowest BCUT2D eigenvalue weighted by atomic mass is 10.2. The Labute approximate surface area is 162 Å². The number of rotatable bonds is 8. The van der Waals surface area contributed by atoms with Crippen LogP contribution in [0.1, 0.15) is 16.9 Å². The molecule has 0 spiro atoms. The second kappa shape index (κ2) is 9.57. The van der Waals surface area contributed by atoms with Crippen molar-refractivity contribution in [1.82, 2.24) is 15.3 Å². The monoisotopic (exact) mass is 380 g/mol. The van der Waals surface area contributed by atoms with Crippen LogP contribution in [-0.4, -0.2) is 36.1 Å². The molecule has 2 aromatic carbocycles. The van der Waals surface area contributed by atoms with E-state index in [4.69, 9.17) is 4.74 Å². The van der Waals surface area contributed by atoms with Gasteiger partial charge in [0.25, 0.3) is 5.91 Å². The number of hydrogen-bond acceptors (Lipinski definition) is 5. The Balaban J connectivity index is 1.87. The average Bonchev–Trinajstić information content (AvgIpc) is 2.73. The Morgan fingerprint density at radius 2 is 1.82 bits per heavy atom. The van der Waals surface area contributed by atoms with Crippen molar-refractivity contribution < 1.29 is 13.9 Å². The minimum absolute atomic E-state index is 0.246. The molecular weight excluding hydrogens is 359 g/mol. The number of aromatic nitrogens is 2. The van der Waals surface area contributed by atoms with Crippen molar-refractivity contribution in [2.75, 3.05) is 25.6 Å². The third kappa shape index (κ3) is 5.34. The molecule has 3 rings (SSSR count). The van der Waals surface area contributed by atoms with Gasteiger partial charge in [0.1, 0.15) is 17.3 Å². The molecule has 0 aliphatic rings. The number of carbonyl (C=O) groups excluding carboxylic acids is 1. The maximum Gasteiger partial charge on any atom is 0.270 e. The molecule has 1 aromatic heterocycles. The molecule has 144 valence electrons. The first-order chi connectivity index (χ1) is 13.7. The van der Waals surface area contributed by atoms with Crippen molar-refractivity contribution >= 4 is 17.4 Å². The van der Waals surface area contributed by atoms with Crippen molar-refractivity contribution in [3.8, 4) is 11.4 Å². The van der Waals surface area contributed by atoms with Crippen molar-refractivity contribution in [2.45, 2.75) is 6.42 Å². The van der Waals surface area contributed by atoms with Crippen LogP contribution in [0.15, 0.2) is 60.7 Å². The van der Waals surface area contributed by atoms with Gasteiger partial charge in [0.2, 0.25) is 0 Å². The molecule has 0 saturated heterocycles. The van der Waals surface area contributed by atoms with Crippen molar-refractivity contribution in [1.29, 1.82) is 0 Å². The Morgan fingerprint density at radius 1 is 1.07 bits per heavy atom. The van der Waals surface area contributed by atoms with Crippen molar-refractivity contribution in [3.05, 3.63) is 72.2 Å². The number of carbonyl (C=O) groups is 1. The molecule has 2 N–H and O–H groups in total. The number of ether oxygens (including phenoxy) is 1. The number of benzene rings is 2. The highest BCUT2D eigenvalue weighted by Gasteiger charge is 2.13. The van der Waals surface area contributed by atoms with Gasteiger partial charge in [-0.3, -0.25) is 4.79 Å². The summed E-state index contributed by atoms with van der Waals surface area (Å²) in [5, 5.41) is 5.92. The zero-order valence-corrected chi connectivity index (χ0v) is 15.5. The third-order valence-corrected chi connectivity index (χ3v) is 3.92. The molecule has 0 aliphatic heterocycles. The highest BCUT2D eigenvalue weighted by molar-refractivity contribution is 5.93. The van der Waals surface area contributed by atoms with Gasteiger partial charge < -0.3 is 15.4 Å². The predicted molar refractivity (Wildman–Crippen MR) is 106 cm³/mol. The maximum absolute atomic E-state index is 13.1. The smallest absolute Gasteiger partial charge is 0.270 e. The number of nitrogens with one attached hydrogen (secondary N) is 2. The summed E-state index contributed by atoms with van der Waals surface area (Å²) in [5.74, 6) is 0.254. The number of methoxy groups -OCH3 is 1. The Hall–Kier alpha value is -3.32. The number of amides is 1. The van der Waals surface area contributed by atoms with E-state index in [1.54, 1.807) is 25.3 Å². The zero-order valence-electron chi connectivity index (χ0n) is 15.5. The van der Waals surface area contributed by atoms with Gasteiger partial charge in [-0.1, -0.05) is 30.3 Å². The van der Waals surface area contributed by atoms with Gasteiger partial charge >= 0.3 is 0 Å². The van der Waals surface area contributed by atoms with Gasteiger partial charge in [-0.2, -0.15) is 0 Å². The van der Waals surface area contributed by atoms with E-state index < -0.39 is 0 Å². The van der Waals surface area contributed by atoms with Crippen LogP contribution in [0.2, 0.25) is 0 Å².